The molecule has 2 heterocycles. The highest BCUT2D eigenvalue weighted by molar-refractivity contribution is 7.98. The quantitative estimate of drug-likeness (QED) is 0.584. The number of aromatic nitrogens is 3. The van der Waals surface area contributed by atoms with Crippen LogP contribution in [0.15, 0.2) is 41.7 Å². The SMILES string of the molecule is CSc1nncn2c1cc1ccccc12. The Labute approximate surface area is 91.1 Å². The largest absolute Gasteiger partial charge is 0.296 e. The van der Waals surface area contributed by atoms with Gasteiger partial charge in [0.1, 0.15) is 11.4 Å². The lowest BCUT2D eigenvalue weighted by Gasteiger charge is -1.98. The van der Waals surface area contributed by atoms with E-state index in [0.29, 0.717) is 0 Å². The summed E-state index contributed by atoms with van der Waals surface area (Å²) in [5, 5.41) is 10.3. The van der Waals surface area contributed by atoms with Crippen molar-refractivity contribution in [1.29, 1.82) is 0 Å². The Morgan fingerprint density at radius 3 is 2.93 bits per heavy atom. The number of hydrogen-bond acceptors (Lipinski definition) is 3. The van der Waals surface area contributed by atoms with E-state index in [-0.39, 0.29) is 0 Å². The van der Waals surface area contributed by atoms with Crippen molar-refractivity contribution in [3.8, 4) is 0 Å². The van der Waals surface area contributed by atoms with E-state index < -0.39 is 0 Å². The first-order valence-corrected chi connectivity index (χ1v) is 5.88. The van der Waals surface area contributed by atoms with Gasteiger partial charge in [-0.3, -0.25) is 4.40 Å². The first-order valence-electron chi connectivity index (χ1n) is 4.65. The summed E-state index contributed by atoms with van der Waals surface area (Å²) in [5.41, 5.74) is 2.30. The molecular weight excluding hydrogens is 206 g/mol. The van der Waals surface area contributed by atoms with Gasteiger partial charge >= 0.3 is 0 Å². The second kappa shape index (κ2) is 3.24. The molecule has 0 saturated carbocycles. The Balaban J connectivity index is 2.53. The minimum Gasteiger partial charge on any atom is -0.296 e. The average Bonchev–Trinajstić information content (AvgIpc) is 2.67. The van der Waals surface area contributed by atoms with E-state index in [1.54, 1.807) is 18.1 Å². The summed E-state index contributed by atoms with van der Waals surface area (Å²) in [6.07, 6.45) is 3.78. The molecule has 0 spiro atoms. The van der Waals surface area contributed by atoms with Gasteiger partial charge in [-0.15, -0.1) is 22.0 Å². The van der Waals surface area contributed by atoms with Crippen LogP contribution in [0, 0.1) is 0 Å². The van der Waals surface area contributed by atoms with Gasteiger partial charge in [-0.05, 0) is 18.4 Å². The third-order valence-corrected chi connectivity index (χ3v) is 3.15. The Kier molecular flexibility index (Phi) is 1.89. The van der Waals surface area contributed by atoms with E-state index in [1.165, 1.54) is 10.9 Å². The molecule has 4 heteroatoms. The van der Waals surface area contributed by atoms with Crippen LogP contribution in [0.3, 0.4) is 0 Å². The zero-order valence-corrected chi connectivity index (χ0v) is 9.03. The smallest absolute Gasteiger partial charge is 0.143 e. The molecule has 74 valence electrons. The molecule has 0 N–H and O–H groups in total. The van der Waals surface area contributed by atoms with Gasteiger partial charge in [0.25, 0.3) is 0 Å². The topological polar surface area (TPSA) is 30.2 Å². The predicted molar refractivity (Wildman–Crippen MR) is 62.3 cm³/mol. The fourth-order valence-corrected chi connectivity index (χ4v) is 2.29. The molecule has 0 atom stereocenters. The van der Waals surface area contributed by atoms with Crippen LogP contribution in [0.1, 0.15) is 0 Å². The van der Waals surface area contributed by atoms with Crippen molar-refractivity contribution in [3.63, 3.8) is 0 Å². The van der Waals surface area contributed by atoms with Crippen LogP contribution in [0.25, 0.3) is 16.4 Å². The maximum Gasteiger partial charge on any atom is 0.143 e. The van der Waals surface area contributed by atoms with Crippen LogP contribution in [-0.4, -0.2) is 20.9 Å². The molecular formula is C11H9N3S. The average molecular weight is 215 g/mol. The number of benzene rings is 1. The molecule has 0 fully saturated rings. The normalized spacial score (nSPS) is 11.3. The first-order chi connectivity index (χ1) is 7.40. The van der Waals surface area contributed by atoms with Crippen LogP contribution in [0.2, 0.25) is 0 Å². The molecule has 0 amide bonds. The third kappa shape index (κ3) is 1.22. The zero-order chi connectivity index (χ0) is 10.3. The molecule has 3 aromatic rings. The van der Waals surface area contributed by atoms with E-state index in [1.807, 2.05) is 18.4 Å². The molecule has 0 bridgehead atoms. The second-order valence-electron chi connectivity index (χ2n) is 3.30. The monoisotopic (exact) mass is 215 g/mol. The Morgan fingerprint density at radius 2 is 2.07 bits per heavy atom. The summed E-state index contributed by atoms with van der Waals surface area (Å²) in [7, 11) is 0. The molecule has 0 unspecified atom stereocenters. The van der Waals surface area contributed by atoms with Crippen molar-refractivity contribution < 1.29 is 0 Å². The summed E-state index contributed by atoms with van der Waals surface area (Å²) in [4.78, 5) is 0. The molecule has 0 saturated heterocycles. The van der Waals surface area contributed by atoms with Gasteiger partial charge in [0.05, 0.1) is 11.0 Å². The van der Waals surface area contributed by atoms with E-state index in [4.69, 9.17) is 0 Å². The second-order valence-corrected chi connectivity index (χ2v) is 4.09. The molecule has 15 heavy (non-hydrogen) atoms. The molecule has 3 rings (SSSR count). The number of para-hydroxylation sites is 1. The molecule has 0 aliphatic carbocycles. The Hall–Kier alpha value is -1.55. The van der Waals surface area contributed by atoms with E-state index in [9.17, 15) is 0 Å². The third-order valence-electron chi connectivity index (χ3n) is 2.48. The molecule has 2 aromatic heterocycles. The van der Waals surface area contributed by atoms with Crippen molar-refractivity contribution in [2.24, 2.45) is 0 Å². The van der Waals surface area contributed by atoms with Crippen LogP contribution in [0.5, 0.6) is 0 Å². The fourth-order valence-electron chi connectivity index (χ4n) is 1.79. The number of thioether (sulfide) groups is 1. The fraction of sp³-hybridized carbons (Fsp3) is 0.0909. The van der Waals surface area contributed by atoms with E-state index in [2.05, 4.69) is 32.8 Å². The lowest BCUT2D eigenvalue weighted by molar-refractivity contribution is 0.886. The van der Waals surface area contributed by atoms with E-state index >= 15 is 0 Å². The lowest BCUT2D eigenvalue weighted by Crippen LogP contribution is -1.92. The molecule has 0 aliphatic heterocycles. The van der Waals surface area contributed by atoms with Gasteiger partial charge in [0.2, 0.25) is 0 Å². The van der Waals surface area contributed by atoms with Crippen LogP contribution >= 0.6 is 11.8 Å². The predicted octanol–water partition coefficient (Wildman–Crippen LogP) is 2.60. The molecule has 0 aliphatic rings. The van der Waals surface area contributed by atoms with Crippen molar-refractivity contribution in [1.82, 2.24) is 14.6 Å². The number of rotatable bonds is 1. The van der Waals surface area contributed by atoms with Crippen LogP contribution < -0.4 is 0 Å². The molecule has 1 aromatic carbocycles. The van der Waals surface area contributed by atoms with Gasteiger partial charge in [-0.25, -0.2) is 0 Å². The summed E-state index contributed by atoms with van der Waals surface area (Å²) >= 11 is 1.62. The standard InChI is InChI=1S/C11H9N3S/c1-15-11-10-6-8-4-2-3-5-9(8)14(10)7-12-13-11/h2-7H,1H3. The summed E-state index contributed by atoms with van der Waals surface area (Å²) in [6.45, 7) is 0. The van der Waals surface area contributed by atoms with Gasteiger partial charge in [-0.2, -0.15) is 0 Å². The van der Waals surface area contributed by atoms with Crippen molar-refractivity contribution in [3.05, 3.63) is 36.7 Å². The zero-order valence-electron chi connectivity index (χ0n) is 8.21. The number of nitrogens with zero attached hydrogens (tertiary/aromatic N) is 3. The van der Waals surface area contributed by atoms with Crippen LogP contribution in [0.4, 0.5) is 0 Å². The summed E-state index contributed by atoms with van der Waals surface area (Å²) in [5.74, 6) is 0. The lowest BCUT2D eigenvalue weighted by atomic mass is 10.2. The molecule has 3 nitrogen and oxygen atoms in total. The number of fused-ring (bicyclic) bond motifs is 3. The van der Waals surface area contributed by atoms with Crippen molar-refractivity contribution in [2.45, 2.75) is 5.03 Å². The Morgan fingerprint density at radius 1 is 1.20 bits per heavy atom. The van der Waals surface area contributed by atoms with Crippen molar-refractivity contribution in [2.75, 3.05) is 6.26 Å². The van der Waals surface area contributed by atoms with Crippen molar-refractivity contribution >= 4 is 28.2 Å². The van der Waals surface area contributed by atoms with Gasteiger partial charge < -0.3 is 0 Å². The van der Waals surface area contributed by atoms with Gasteiger partial charge in [-0.1, -0.05) is 18.2 Å². The highest BCUT2D eigenvalue weighted by Gasteiger charge is 2.06. The summed E-state index contributed by atoms with van der Waals surface area (Å²) < 4.78 is 2.08. The highest BCUT2D eigenvalue weighted by atomic mass is 32.2. The van der Waals surface area contributed by atoms with Gasteiger partial charge in [0, 0.05) is 5.39 Å². The minimum absolute atomic E-state index is 0.966. The first kappa shape index (κ1) is 8.73. The van der Waals surface area contributed by atoms with Crippen LogP contribution in [-0.2, 0) is 0 Å². The van der Waals surface area contributed by atoms with E-state index in [0.717, 1.165) is 10.5 Å². The van der Waals surface area contributed by atoms with Gasteiger partial charge in [0.15, 0.2) is 0 Å². The maximum absolute atomic E-state index is 4.11. The summed E-state index contributed by atoms with van der Waals surface area (Å²) in [6, 6.07) is 10.4. The molecule has 0 radical (unpaired) electrons. The Bertz CT molecular complexity index is 630. The highest BCUT2D eigenvalue weighted by Crippen LogP contribution is 2.24. The minimum atomic E-state index is 0.966. The maximum atomic E-state index is 4.11. The number of hydrogen-bond donors (Lipinski definition) is 0.